The third-order valence-electron chi connectivity index (χ3n) is 2.88. The molecule has 0 aliphatic carbocycles. The maximum atomic E-state index is 12.4. The summed E-state index contributed by atoms with van der Waals surface area (Å²) < 4.78 is 23.5. The average molecular weight is 366 g/mol. The van der Waals surface area contributed by atoms with E-state index in [-0.39, 0.29) is 3.42 Å². The summed E-state index contributed by atoms with van der Waals surface area (Å²) in [6.07, 6.45) is 7.32. The van der Waals surface area contributed by atoms with Gasteiger partial charge in [-0.2, -0.15) is 0 Å². The van der Waals surface area contributed by atoms with Gasteiger partial charge in [-0.05, 0) is 0 Å². The molecule has 1 atom stereocenters. The molecule has 1 unspecified atom stereocenters. The van der Waals surface area contributed by atoms with Crippen molar-refractivity contribution in [3.63, 3.8) is 0 Å². The van der Waals surface area contributed by atoms with Crippen LogP contribution in [-0.2, 0) is 13.6 Å². The van der Waals surface area contributed by atoms with Gasteiger partial charge in [-0.1, -0.05) is 0 Å². The van der Waals surface area contributed by atoms with Gasteiger partial charge >= 0.3 is 122 Å². The molecule has 0 heterocycles. The van der Waals surface area contributed by atoms with E-state index in [4.69, 9.17) is 9.05 Å². The summed E-state index contributed by atoms with van der Waals surface area (Å²) in [6.45, 7) is 6.97. The summed E-state index contributed by atoms with van der Waals surface area (Å²) in [5.74, 6) is 0. The van der Waals surface area contributed by atoms with Crippen LogP contribution in [0, 0.1) is 0 Å². The van der Waals surface area contributed by atoms with Gasteiger partial charge in [0.15, 0.2) is 0 Å². The fourth-order valence-electron chi connectivity index (χ4n) is 1.85. The van der Waals surface area contributed by atoms with Gasteiger partial charge in [0, 0.05) is 0 Å². The molecule has 0 saturated heterocycles. The van der Waals surface area contributed by atoms with Crippen LogP contribution in [0.15, 0.2) is 0 Å². The van der Waals surface area contributed by atoms with Crippen molar-refractivity contribution in [2.45, 2.75) is 62.7 Å². The molecule has 0 bridgehead atoms. The van der Waals surface area contributed by atoms with E-state index in [0.29, 0.717) is 37.6 Å². The average Bonchev–Trinajstić information content (AvgIpc) is 2.29. The molecule has 0 amide bonds. The maximum absolute atomic E-state index is 12.4. The van der Waals surface area contributed by atoms with Crippen LogP contribution in [0.3, 0.4) is 0 Å². The summed E-state index contributed by atoms with van der Waals surface area (Å²) in [7, 11) is -2.77. The van der Waals surface area contributed by atoms with Crippen LogP contribution in [0.25, 0.3) is 0 Å². The molecule has 0 aromatic rings. The van der Waals surface area contributed by atoms with Crippen LogP contribution in [-0.4, -0.2) is 41.0 Å². The van der Waals surface area contributed by atoms with Gasteiger partial charge in [0.05, 0.1) is 0 Å². The van der Waals surface area contributed by atoms with Crippen LogP contribution in [0.2, 0.25) is 0 Å². The monoisotopic (exact) mass is 366 g/mol. The minimum atomic E-state index is -2.77. The molecule has 102 valence electrons. The fraction of sp³-hybridized carbons (Fsp3) is 1.00. The summed E-state index contributed by atoms with van der Waals surface area (Å²) in [5.41, 5.74) is 0. The molecule has 0 fully saturated rings. The predicted molar refractivity (Wildman–Crippen MR) is 76.6 cm³/mol. The van der Waals surface area contributed by atoms with Gasteiger partial charge in [-0.25, -0.2) is 0 Å². The molecule has 5 heteroatoms. The van der Waals surface area contributed by atoms with Crippen molar-refractivity contribution in [1.29, 1.82) is 0 Å². The van der Waals surface area contributed by atoms with Crippen molar-refractivity contribution in [3.8, 4) is 0 Å². The van der Waals surface area contributed by atoms with E-state index in [2.05, 4.69) is 6.92 Å². The van der Waals surface area contributed by atoms with Crippen LogP contribution < -0.4 is 0 Å². The first-order valence-corrected chi connectivity index (χ1v) is 11.9. The number of hydrogen-bond acceptors (Lipinski definition) is 3. The molecule has 0 saturated carbocycles. The molecule has 0 rings (SSSR count). The Balaban J connectivity index is 3.97. The van der Waals surface area contributed by atoms with Crippen molar-refractivity contribution in [3.05, 3.63) is 0 Å². The van der Waals surface area contributed by atoms with Gasteiger partial charge in [0.2, 0.25) is 0 Å². The Labute approximate surface area is 121 Å². The zero-order chi connectivity index (χ0) is 13.1. The standard InChI is InChI=1S/C12H26O3P.In.2H/c1-4-7-8-9-10-11-12-16(13,14-5-2)15-6-3;;;/h12H,4-11H2,1-3H3;;;. The van der Waals surface area contributed by atoms with Crippen molar-refractivity contribution in [2.75, 3.05) is 13.2 Å². The van der Waals surface area contributed by atoms with Crippen molar-refractivity contribution in [2.24, 2.45) is 0 Å². The van der Waals surface area contributed by atoms with Gasteiger partial charge in [-0.15, -0.1) is 0 Å². The quantitative estimate of drug-likeness (QED) is 0.414. The van der Waals surface area contributed by atoms with Crippen molar-refractivity contribution in [1.82, 2.24) is 0 Å². The molecular weight excluding hydrogens is 338 g/mol. The summed E-state index contributed by atoms with van der Waals surface area (Å²) in [6, 6.07) is 0. The molecule has 0 aliphatic rings. The number of rotatable bonds is 11. The van der Waals surface area contributed by atoms with E-state index in [1.165, 1.54) is 32.1 Å². The number of unbranched alkanes of at least 4 members (excludes halogenated alkanes) is 4. The van der Waals surface area contributed by atoms with Crippen LogP contribution in [0.1, 0.15) is 59.3 Å². The second-order valence-corrected chi connectivity index (χ2v) is 13.7. The first-order valence-electron chi connectivity index (χ1n) is 6.99. The first-order chi connectivity index (χ1) is 8.10. The zero-order valence-electron chi connectivity index (χ0n) is 11.9. The van der Waals surface area contributed by atoms with Crippen LogP contribution >= 0.6 is 7.60 Å². The third kappa shape index (κ3) is 7.92. The van der Waals surface area contributed by atoms with Crippen LogP contribution in [0.5, 0.6) is 0 Å². The van der Waals surface area contributed by atoms with E-state index < -0.39 is 7.60 Å². The molecular formula is C12H28InO3P. The van der Waals surface area contributed by atoms with E-state index in [9.17, 15) is 4.57 Å². The number of hydrogen-bond donors (Lipinski definition) is 0. The minimum absolute atomic E-state index is 0.228. The molecule has 0 radical (unpaired) electrons. The molecule has 0 aromatic heterocycles. The summed E-state index contributed by atoms with van der Waals surface area (Å²) >= 11 is 0.320. The molecule has 0 N–H and O–H groups in total. The van der Waals surface area contributed by atoms with E-state index in [0.717, 1.165) is 6.42 Å². The molecule has 0 aromatic carbocycles. The van der Waals surface area contributed by atoms with Crippen molar-refractivity contribution >= 4 is 32.0 Å². The summed E-state index contributed by atoms with van der Waals surface area (Å²) in [5, 5.41) is 0. The Morgan fingerprint density at radius 1 is 1.00 bits per heavy atom. The predicted octanol–water partition coefficient (Wildman–Crippen LogP) is 3.57. The van der Waals surface area contributed by atoms with E-state index >= 15 is 0 Å². The van der Waals surface area contributed by atoms with Gasteiger partial charge < -0.3 is 0 Å². The third-order valence-corrected chi connectivity index (χ3v) is 12.5. The van der Waals surface area contributed by atoms with Gasteiger partial charge in [0.1, 0.15) is 0 Å². The fourth-order valence-corrected chi connectivity index (χ4v) is 7.37. The Bertz CT molecular complexity index is 214. The molecule has 3 nitrogen and oxygen atoms in total. The second-order valence-electron chi connectivity index (χ2n) is 4.43. The Hall–Kier alpha value is 1.02. The zero-order valence-corrected chi connectivity index (χ0v) is 18.5. The van der Waals surface area contributed by atoms with E-state index in [1.54, 1.807) is 0 Å². The SMILES string of the molecule is CCCCCCC[CH]([InH2])P(=O)(OCC)OCC. The van der Waals surface area contributed by atoms with Gasteiger partial charge in [-0.3, -0.25) is 0 Å². The molecule has 0 spiro atoms. The molecule has 0 aliphatic heterocycles. The molecule has 17 heavy (non-hydrogen) atoms. The van der Waals surface area contributed by atoms with Crippen molar-refractivity contribution < 1.29 is 13.6 Å². The van der Waals surface area contributed by atoms with E-state index in [1.807, 2.05) is 13.8 Å². The Kier molecular flexibility index (Phi) is 11.6. The normalized spacial score (nSPS) is 13.8. The van der Waals surface area contributed by atoms with Gasteiger partial charge in [0.25, 0.3) is 0 Å². The first kappa shape index (κ1) is 18.0. The summed E-state index contributed by atoms with van der Waals surface area (Å²) in [4.78, 5) is 0. The Morgan fingerprint density at radius 2 is 1.53 bits per heavy atom. The van der Waals surface area contributed by atoms with Crippen LogP contribution in [0.4, 0.5) is 0 Å². The Morgan fingerprint density at radius 3 is 2.00 bits per heavy atom. The topological polar surface area (TPSA) is 35.5 Å². The second kappa shape index (κ2) is 10.9.